The summed E-state index contributed by atoms with van der Waals surface area (Å²) in [5.41, 5.74) is 1.74. The van der Waals surface area contributed by atoms with Gasteiger partial charge in [0.25, 0.3) is 0 Å². The normalized spacial score (nSPS) is 12.2. The number of hydrogen-bond acceptors (Lipinski definition) is 1. The number of rotatable bonds is 3. The Bertz CT molecular complexity index is 350. The molecule has 0 saturated carbocycles. The van der Waals surface area contributed by atoms with Gasteiger partial charge in [0.2, 0.25) is 0 Å². The van der Waals surface area contributed by atoms with Crippen LogP contribution in [0.1, 0.15) is 31.9 Å². The summed E-state index contributed by atoms with van der Waals surface area (Å²) in [5, 5.41) is 0. The fourth-order valence-electron chi connectivity index (χ4n) is 1.68. The molecule has 0 unspecified atom stereocenters. The van der Waals surface area contributed by atoms with Crippen molar-refractivity contribution in [3.05, 3.63) is 35.1 Å². The summed E-state index contributed by atoms with van der Waals surface area (Å²) in [6.45, 7) is 7.05. The van der Waals surface area contributed by atoms with Gasteiger partial charge < -0.3 is 4.90 Å². The topological polar surface area (TPSA) is 3.24 Å². The Morgan fingerprint density at radius 3 is 2.25 bits per heavy atom. The van der Waals surface area contributed by atoms with E-state index in [0.29, 0.717) is 0 Å². The van der Waals surface area contributed by atoms with Crippen molar-refractivity contribution in [3.63, 3.8) is 0 Å². The van der Waals surface area contributed by atoms with Crippen LogP contribution in [-0.2, 0) is 11.8 Å². The van der Waals surface area contributed by atoms with E-state index < -0.39 is 0 Å². The van der Waals surface area contributed by atoms with Crippen LogP contribution >= 0.6 is 0 Å². The molecule has 0 bridgehead atoms. The fourth-order valence-corrected chi connectivity index (χ4v) is 1.68. The maximum atomic E-state index is 13.9. The van der Waals surface area contributed by atoms with Gasteiger partial charge in [0.15, 0.2) is 0 Å². The molecule has 0 radical (unpaired) electrons. The Balaban J connectivity index is 2.83. The second kappa shape index (κ2) is 4.96. The number of halogens is 1. The molecule has 0 aliphatic rings. The molecule has 0 aromatic heterocycles. The largest absolute Gasteiger partial charge is 0.309 e. The number of likely N-dealkylation sites (N-methyl/N-ethyl adjacent to an activating group) is 1. The molecular formula is C14H22FN. The van der Waals surface area contributed by atoms with E-state index in [2.05, 4.69) is 4.90 Å². The predicted molar refractivity (Wildman–Crippen MR) is 67.4 cm³/mol. The highest BCUT2D eigenvalue weighted by atomic mass is 19.1. The second-order valence-corrected chi connectivity index (χ2v) is 5.62. The molecule has 1 rings (SSSR count). The van der Waals surface area contributed by atoms with Crippen LogP contribution in [0.25, 0.3) is 0 Å². The lowest BCUT2D eigenvalue weighted by Gasteiger charge is -2.20. The van der Waals surface area contributed by atoms with Gasteiger partial charge in [0, 0.05) is 6.54 Å². The van der Waals surface area contributed by atoms with E-state index in [1.54, 1.807) is 6.07 Å². The summed E-state index contributed by atoms with van der Waals surface area (Å²) in [7, 11) is 4.06. The molecule has 0 atom stereocenters. The first-order valence-corrected chi connectivity index (χ1v) is 5.74. The van der Waals surface area contributed by atoms with E-state index in [-0.39, 0.29) is 11.2 Å². The van der Waals surface area contributed by atoms with Crippen LogP contribution in [-0.4, -0.2) is 25.5 Å². The van der Waals surface area contributed by atoms with E-state index in [9.17, 15) is 4.39 Å². The van der Waals surface area contributed by atoms with Gasteiger partial charge >= 0.3 is 0 Å². The maximum absolute atomic E-state index is 13.9. The van der Waals surface area contributed by atoms with Crippen LogP contribution in [0, 0.1) is 5.82 Å². The van der Waals surface area contributed by atoms with Crippen molar-refractivity contribution in [2.75, 3.05) is 20.6 Å². The van der Waals surface area contributed by atoms with Crippen LogP contribution in [0.5, 0.6) is 0 Å². The van der Waals surface area contributed by atoms with Crippen molar-refractivity contribution < 1.29 is 4.39 Å². The van der Waals surface area contributed by atoms with Crippen molar-refractivity contribution >= 4 is 0 Å². The average Bonchev–Trinajstić information content (AvgIpc) is 2.12. The highest BCUT2D eigenvalue weighted by molar-refractivity contribution is 5.29. The zero-order chi connectivity index (χ0) is 12.3. The lowest BCUT2D eigenvalue weighted by molar-refractivity contribution is 0.413. The highest BCUT2D eigenvalue weighted by Crippen LogP contribution is 2.25. The van der Waals surface area contributed by atoms with Crippen molar-refractivity contribution in [2.45, 2.75) is 32.6 Å². The quantitative estimate of drug-likeness (QED) is 0.760. The van der Waals surface area contributed by atoms with Gasteiger partial charge in [-0.2, -0.15) is 0 Å². The molecule has 0 heterocycles. The van der Waals surface area contributed by atoms with Crippen molar-refractivity contribution in [1.29, 1.82) is 0 Å². The van der Waals surface area contributed by atoms with Gasteiger partial charge in [-0.15, -0.1) is 0 Å². The van der Waals surface area contributed by atoms with Gasteiger partial charge in [-0.1, -0.05) is 32.9 Å². The monoisotopic (exact) mass is 223 g/mol. The molecule has 0 fully saturated rings. The van der Waals surface area contributed by atoms with Crippen LogP contribution < -0.4 is 0 Å². The predicted octanol–water partition coefficient (Wildman–Crippen LogP) is 3.23. The minimum atomic E-state index is -0.121. The van der Waals surface area contributed by atoms with Crippen molar-refractivity contribution in [1.82, 2.24) is 4.90 Å². The van der Waals surface area contributed by atoms with Crippen LogP contribution in [0.2, 0.25) is 0 Å². The van der Waals surface area contributed by atoms with Gasteiger partial charge in [0.05, 0.1) is 0 Å². The summed E-state index contributed by atoms with van der Waals surface area (Å²) in [5.74, 6) is -0.0799. The van der Waals surface area contributed by atoms with Gasteiger partial charge in [-0.05, 0) is 43.1 Å². The highest BCUT2D eigenvalue weighted by Gasteiger charge is 2.18. The van der Waals surface area contributed by atoms with Crippen LogP contribution in [0.15, 0.2) is 18.2 Å². The van der Waals surface area contributed by atoms with Crippen molar-refractivity contribution in [2.24, 2.45) is 0 Å². The molecule has 0 amide bonds. The molecule has 1 nitrogen and oxygen atoms in total. The molecule has 0 N–H and O–H groups in total. The minimum absolute atomic E-state index is 0.0799. The first-order chi connectivity index (χ1) is 7.30. The van der Waals surface area contributed by atoms with E-state index in [1.807, 2.05) is 47.0 Å². The van der Waals surface area contributed by atoms with Gasteiger partial charge in [-0.3, -0.25) is 0 Å². The van der Waals surface area contributed by atoms with E-state index in [0.717, 1.165) is 24.1 Å². The molecule has 1 aromatic carbocycles. The fraction of sp³-hybridized carbons (Fsp3) is 0.571. The summed E-state index contributed by atoms with van der Waals surface area (Å²) < 4.78 is 13.9. The van der Waals surface area contributed by atoms with E-state index in [4.69, 9.17) is 0 Å². The zero-order valence-corrected chi connectivity index (χ0v) is 11.0. The minimum Gasteiger partial charge on any atom is -0.309 e. The van der Waals surface area contributed by atoms with E-state index >= 15 is 0 Å². The average molecular weight is 223 g/mol. The zero-order valence-electron chi connectivity index (χ0n) is 11.0. The first-order valence-electron chi connectivity index (χ1n) is 5.74. The summed E-state index contributed by atoms with van der Waals surface area (Å²) in [4.78, 5) is 2.11. The number of hydrogen-bond donors (Lipinski definition) is 0. The Morgan fingerprint density at radius 2 is 1.81 bits per heavy atom. The van der Waals surface area contributed by atoms with Gasteiger partial charge in [-0.25, -0.2) is 4.39 Å². The SMILES string of the molecule is CN(C)CCc1ccc(C(C)(C)C)c(F)c1. The third kappa shape index (κ3) is 3.60. The molecule has 90 valence electrons. The third-order valence-corrected chi connectivity index (χ3v) is 2.69. The molecule has 0 aliphatic heterocycles. The first kappa shape index (κ1) is 13.2. The second-order valence-electron chi connectivity index (χ2n) is 5.62. The molecule has 0 spiro atoms. The lowest BCUT2D eigenvalue weighted by Crippen LogP contribution is -2.16. The smallest absolute Gasteiger partial charge is 0.127 e. The van der Waals surface area contributed by atoms with E-state index in [1.165, 1.54) is 0 Å². The van der Waals surface area contributed by atoms with Crippen LogP contribution in [0.3, 0.4) is 0 Å². The molecule has 1 aromatic rings. The molecule has 16 heavy (non-hydrogen) atoms. The summed E-state index contributed by atoms with van der Waals surface area (Å²) in [6.07, 6.45) is 0.897. The van der Waals surface area contributed by atoms with Gasteiger partial charge in [0.1, 0.15) is 5.82 Å². The summed E-state index contributed by atoms with van der Waals surface area (Å²) >= 11 is 0. The summed E-state index contributed by atoms with van der Waals surface area (Å²) in [6, 6.07) is 5.62. The number of nitrogens with zero attached hydrogens (tertiary/aromatic N) is 1. The Hall–Kier alpha value is -0.890. The Labute approximate surface area is 98.3 Å². The molecular weight excluding hydrogens is 201 g/mol. The maximum Gasteiger partial charge on any atom is 0.127 e. The molecule has 0 aliphatic carbocycles. The number of benzene rings is 1. The lowest BCUT2D eigenvalue weighted by atomic mass is 9.86. The third-order valence-electron chi connectivity index (χ3n) is 2.69. The van der Waals surface area contributed by atoms with Crippen molar-refractivity contribution in [3.8, 4) is 0 Å². The molecule has 0 saturated heterocycles. The Kier molecular flexibility index (Phi) is 4.09. The Morgan fingerprint density at radius 1 is 1.19 bits per heavy atom. The standard InChI is InChI=1S/C14H22FN/c1-14(2,3)12-7-6-11(10-13(12)15)8-9-16(4)5/h6-7,10H,8-9H2,1-5H3. The molecule has 2 heteroatoms. The van der Waals surface area contributed by atoms with Crippen LogP contribution in [0.4, 0.5) is 4.39 Å².